The van der Waals surface area contributed by atoms with Crippen molar-refractivity contribution in [3.05, 3.63) is 35.4 Å². The van der Waals surface area contributed by atoms with Gasteiger partial charge in [0.15, 0.2) is 0 Å². The van der Waals surface area contributed by atoms with E-state index in [1.807, 2.05) is 4.90 Å². The molecule has 3 rings (SSSR count). The molecule has 3 heteroatoms. The summed E-state index contributed by atoms with van der Waals surface area (Å²) < 4.78 is 0. The van der Waals surface area contributed by atoms with E-state index in [2.05, 4.69) is 38.1 Å². The van der Waals surface area contributed by atoms with E-state index in [4.69, 9.17) is 0 Å². The topological polar surface area (TPSA) is 40.5 Å². The number of aliphatic hydroxyl groups is 1. The number of fused-ring (bicyclic) bond motifs is 2. The normalized spacial score (nSPS) is 26.6. The Morgan fingerprint density at radius 1 is 1.25 bits per heavy atom. The molecule has 0 bridgehead atoms. The summed E-state index contributed by atoms with van der Waals surface area (Å²) in [4.78, 5) is 14.5. The Balaban J connectivity index is 2.07. The molecular formula is C17H23NO2. The zero-order valence-corrected chi connectivity index (χ0v) is 12.3. The van der Waals surface area contributed by atoms with Gasteiger partial charge in [-0.3, -0.25) is 4.79 Å². The fourth-order valence-corrected chi connectivity index (χ4v) is 4.06. The van der Waals surface area contributed by atoms with E-state index in [0.29, 0.717) is 6.42 Å². The molecule has 0 unspecified atom stereocenters. The summed E-state index contributed by atoms with van der Waals surface area (Å²) in [6, 6.07) is 8.41. The third kappa shape index (κ3) is 1.80. The molecule has 1 aliphatic heterocycles. The highest BCUT2D eigenvalue weighted by atomic mass is 16.3. The molecule has 1 amide bonds. The maximum Gasteiger partial charge on any atom is 0.223 e. The first-order valence-electron chi connectivity index (χ1n) is 7.61. The third-order valence-corrected chi connectivity index (χ3v) is 5.10. The predicted molar refractivity (Wildman–Crippen MR) is 78.2 cm³/mol. The lowest BCUT2D eigenvalue weighted by molar-refractivity contribution is -0.137. The predicted octanol–water partition coefficient (Wildman–Crippen LogP) is 2.47. The van der Waals surface area contributed by atoms with E-state index in [9.17, 15) is 9.90 Å². The van der Waals surface area contributed by atoms with Crippen LogP contribution in [0.4, 0.5) is 0 Å². The highest BCUT2D eigenvalue weighted by Gasteiger charge is 2.52. The lowest BCUT2D eigenvalue weighted by atomic mass is 9.86. The van der Waals surface area contributed by atoms with Crippen LogP contribution >= 0.6 is 0 Å². The minimum atomic E-state index is -0.161. The minimum Gasteiger partial charge on any atom is -0.394 e. The van der Waals surface area contributed by atoms with Crippen molar-refractivity contribution in [2.45, 2.75) is 51.1 Å². The minimum absolute atomic E-state index is 0.0489. The van der Waals surface area contributed by atoms with E-state index in [-0.39, 0.29) is 30.0 Å². The van der Waals surface area contributed by atoms with Crippen LogP contribution in [0.2, 0.25) is 0 Å². The first-order chi connectivity index (χ1) is 9.60. The maximum absolute atomic E-state index is 12.5. The standard InChI is InChI=1S/C17H23NO2/c1-12(2)15(11-19)18-16(20)8-10-17(18)9-7-13-5-3-4-6-14(13)17/h3-6,12,15,19H,7-11H2,1-2H3/t15-,17-/m1/s1. The van der Waals surface area contributed by atoms with Gasteiger partial charge in [0, 0.05) is 6.42 Å². The van der Waals surface area contributed by atoms with Gasteiger partial charge in [0.25, 0.3) is 0 Å². The molecule has 1 aromatic carbocycles. The van der Waals surface area contributed by atoms with Crippen molar-refractivity contribution in [1.82, 2.24) is 4.90 Å². The number of likely N-dealkylation sites (tertiary alicyclic amines) is 1. The number of amides is 1. The number of carbonyl (C=O) groups excluding carboxylic acids is 1. The average Bonchev–Trinajstić information content (AvgIpc) is 2.96. The molecule has 1 heterocycles. The Morgan fingerprint density at radius 2 is 1.95 bits per heavy atom. The zero-order chi connectivity index (χ0) is 14.3. The summed E-state index contributed by atoms with van der Waals surface area (Å²) in [5, 5.41) is 9.77. The van der Waals surface area contributed by atoms with Gasteiger partial charge in [-0.15, -0.1) is 0 Å². The van der Waals surface area contributed by atoms with Crippen molar-refractivity contribution in [1.29, 1.82) is 0 Å². The molecule has 108 valence electrons. The number of hydrogen-bond acceptors (Lipinski definition) is 2. The molecule has 2 atom stereocenters. The van der Waals surface area contributed by atoms with Crippen molar-refractivity contribution in [2.24, 2.45) is 5.92 Å². The van der Waals surface area contributed by atoms with Crippen molar-refractivity contribution in [3.8, 4) is 0 Å². The van der Waals surface area contributed by atoms with Crippen molar-refractivity contribution in [2.75, 3.05) is 6.61 Å². The fourth-order valence-electron chi connectivity index (χ4n) is 4.06. The van der Waals surface area contributed by atoms with Crippen LogP contribution in [0.15, 0.2) is 24.3 Å². The number of carbonyl (C=O) groups is 1. The van der Waals surface area contributed by atoms with Gasteiger partial charge in [-0.2, -0.15) is 0 Å². The van der Waals surface area contributed by atoms with Crippen LogP contribution < -0.4 is 0 Å². The van der Waals surface area contributed by atoms with Crippen LogP contribution in [0.3, 0.4) is 0 Å². The number of benzene rings is 1. The summed E-state index contributed by atoms with van der Waals surface area (Å²) in [5.74, 6) is 0.473. The Hall–Kier alpha value is -1.35. The molecule has 1 aliphatic carbocycles. The Bertz CT molecular complexity index is 525. The third-order valence-electron chi connectivity index (χ3n) is 5.10. The molecule has 20 heavy (non-hydrogen) atoms. The second-order valence-electron chi connectivity index (χ2n) is 6.45. The van der Waals surface area contributed by atoms with Crippen LogP contribution in [0.1, 0.15) is 44.2 Å². The highest BCUT2D eigenvalue weighted by molar-refractivity contribution is 5.81. The molecule has 0 aromatic heterocycles. The van der Waals surface area contributed by atoms with Gasteiger partial charge in [0.05, 0.1) is 18.2 Å². The van der Waals surface area contributed by atoms with Gasteiger partial charge in [-0.05, 0) is 36.3 Å². The van der Waals surface area contributed by atoms with Gasteiger partial charge in [-0.1, -0.05) is 38.1 Å². The Morgan fingerprint density at radius 3 is 2.65 bits per heavy atom. The lowest BCUT2D eigenvalue weighted by Crippen LogP contribution is -2.52. The van der Waals surface area contributed by atoms with Gasteiger partial charge in [-0.25, -0.2) is 0 Å². The second-order valence-corrected chi connectivity index (χ2v) is 6.45. The largest absolute Gasteiger partial charge is 0.394 e. The summed E-state index contributed by atoms with van der Waals surface area (Å²) >= 11 is 0. The van der Waals surface area contributed by atoms with Gasteiger partial charge < -0.3 is 10.0 Å². The molecule has 1 saturated heterocycles. The van der Waals surface area contributed by atoms with E-state index in [1.165, 1.54) is 11.1 Å². The fraction of sp³-hybridized carbons (Fsp3) is 0.588. The number of nitrogens with zero attached hydrogens (tertiary/aromatic N) is 1. The highest BCUT2D eigenvalue weighted by Crippen LogP contribution is 2.50. The average molecular weight is 273 g/mol. The number of aliphatic hydroxyl groups excluding tert-OH is 1. The molecule has 1 spiro atoms. The van der Waals surface area contributed by atoms with Crippen molar-refractivity contribution >= 4 is 5.91 Å². The Kier molecular flexibility index (Phi) is 3.33. The smallest absolute Gasteiger partial charge is 0.223 e. The SMILES string of the molecule is CC(C)[C@@H](CO)N1C(=O)CC[C@@]12CCc1ccccc12. The summed E-state index contributed by atoms with van der Waals surface area (Å²) in [6.45, 7) is 4.22. The van der Waals surface area contributed by atoms with Crippen molar-refractivity contribution < 1.29 is 9.90 Å². The molecule has 1 aromatic rings. The van der Waals surface area contributed by atoms with Crippen LogP contribution in [0.5, 0.6) is 0 Å². The molecule has 0 saturated carbocycles. The number of aryl methyl sites for hydroxylation is 1. The molecule has 3 nitrogen and oxygen atoms in total. The van der Waals surface area contributed by atoms with E-state index in [0.717, 1.165) is 19.3 Å². The number of hydrogen-bond donors (Lipinski definition) is 1. The second kappa shape index (κ2) is 4.88. The van der Waals surface area contributed by atoms with Gasteiger partial charge in [0.2, 0.25) is 5.91 Å². The van der Waals surface area contributed by atoms with Crippen LogP contribution in [-0.4, -0.2) is 28.6 Å². The summed E-state index contributed by atoms with van der Waals surface area (Å²) in [5.41, 5.74) is 2.52. The van der Waals surface area contributed by atoms with E-state index < -0.39 is 0 Å². The molecule has 0 radical (unpaired) electrons. The monoisotopic (exact) mass is 273 g/mol. The molecule has 1 N–H and O–H groups in total. The number of rotatable bonds is 3. The van der Waals surface area contributed by atoms with Crippen LogP contribution in [-0.2, 0) is 16.8 Å². The van der Waals surface area contributed by atoms with Crippen molar-refractivity contribution in [3.63, 3.8) is 0 Å². The lowest BCUT2D eigenvalue weighted by Gasteiger charge is -2.42. The molecule has 2 aliphatic rings. The first-order valence-corrected chi connectivity index (χ1v) is 7.61. The molecular weight excluding hydrogens is 250 g/mol. The van der Waals surface area contributed by atoms with E-state index in [1.54, 1.807) is 0 Å². The van der Waals surface area contributed by atoms with Gasteiger partial charge in [0.1, 0.15) is 0 Å². The van der Waals surface area contributed by atoms with E-state index >= 15 is 0 Å². The zero-order valence-electron chi connectivity index (χ0n) is 12.3. The first kappa shape index (κ1) is 13.6. The Labute approximate surface area is 120 Å². The quantitative estimate of drug-likeness (QED) is 0.919. The summed E-state index contributed by atoms with van der Waals surface area (Å²) in [6.07, 6.45) is 3.54. The maximum atomic E-state index is 12.5. The van der Waals surface area contributed by atoms with Crippen LogP contribution in [0, 0.1) is 5.92 Å². The molecule has 1 fully saturated rings. The summed E-state index contributed by atoms with van der Waals surface area (Å²) in [7, 11) is 0. The van der Waals surface area contributed by atoms with Gasteiger partial charge >= 0.3 is 0 Å². The van der Waals surface area contributed by atoms with Crippen LogP contribution in [0.25, 0.3) is 0 Å².